The number of aryl methyl sites for hydroxylation is 1. The molecule has 2 heteroatoms. The predicted octanol–water partition coefficient (Wildman–Crippen LogP) is 3.10. The molecule has 0 bridgehead atoms. The molecule has 1 rings (SSSR count). The second-order valence-electron chi connectivity index (χ2n) is 3.83. The highest BCUT2D eigenvalue weighted by Crippen LogP contribution is 2.19. The van der Waals surface area contributed by atoms with E-state index in [9.17, 15) is 4.39 Å². The van der Waals surface area contributed by atoms with Gasteiger partial charge in [-0.1, -0.05) is 11.6 Å². The molecule has 1 unspecified atom stereocenters. The van der Waals surface area contributed by atoms with Gasteiger partial charge in [0, 0.05) is 6.04 Å². The first-order valence-electron chi connectivity index (χ1n) is 4.66. The maximum atomic E-state index is 13.0. The van der Waals surface area contributed by atoms with Crippen LogP contribution < -0.4 is 5.73 Å². The van der Waals surface area contributed by atoms with Gasteiger partial charge in [-0.2, -0.15) is 0 Å². The van der Waals surface area contributed by atoms with Gasteiger partial charge in [-0.3, -0.25) is 0 Å². The van der Waals surface area contributed by atoms with Crippen LogP contribution in [-0.4, -0.2) is 0 Å². The molecule has 1 aromatic carbocycles. The Labute approximate surface area is 84.4 Å². The molecule has 1 nitrogen and oxygen atoms in total. The zero-order chi connectivity index (χ0) is 10.7. The van der Waals surface area contributed by atoms with E-state index in [2.05, 4.69) is 6.58 Å². The SMILES string of the molecule is C=C(C)CC(N)c1cc(C)cc(F)c1. The van der Waals surface area contributed by atoms with E-state index < -0.39 is 0 Å². The second-order valence-corrected chi connectivity index (χ2v) is 3.83. The molecule has 0 heterocycles. The molecule has 14 heavy (non-hydrogen) atoms. The Morgan fingerprint density at radius 2 is 2.14 bits per heavy atom. The molecule has 0 saturated carbocycles. The van der Waals surface area contributed by atoms with E-state index in [0.717, 1.165) is 16.7 Å². The van der Waals surface area contributed by atoms with Crippen LogP contribution in [0.4, 0.5) is 4.39 Å². The van der Waals surface area contributed by atoms with Crippen LogP contribution in [0.15, 0.2) is 30.4 Å². The zero-order valence-corrected chi connectivity index (χ0v) is 8.68. The molecule has 0 saturated heterocycles. The lowest BCUT2D eigenvalue weighted by molar-refractivity contribution is 0.617. The van der Waals surface area contributed by atoms with Gasteiger partial charge in [-0.25, -0.2) is 4.39 Å². The Morgan fingerprint density at radius 1 is 1.50 bits per heavy atom. The maximum absolute atomic E-state index is 13.0. The van der Waals surface area contributed by atoms with Crippen molar-refractivity contribution in [3.05, 3.63) is 47.3 Å². The van der Waals surface area contributed by atoms with Crippen LogP contribution in [-0.2, 0) is 0 Å². The van der Waals surface area contributed by atoms with E-state index in [0.29, 0.717) is 6.42 Å². The van der Waals surface area contributed by atoms with Crippen LogP contribution in [0.3, 0.4) is 0 Å². The molecule has 0 aromatic heterocycles. The first kappa shape index (κ1) is 10.9. The molecule has 0 spiro atoms. The highest BCUT2D eigenvalue weighted by molar-refractivity contribution is 5.26. The lowest BCUT2D eigenvalue weighted by Gasteiger charge is -2.12. The first-order valence-corrected chi connectivity index (χ1v) is 4.66. The fraction of sp³-hybridized carbons (Fsp3) is 0.333. The predicted molar refractivity (Wildman–Crippen MR) is 57.5 cm³/mol. The van der Waals surface area contributed by atoms with E-state index >= 15 is 0 Å². The summed E-state index contributed by atoms with van der Waals surface area (Å²) in [5, 5.41) is 0. The number of hydrogen-bond donors (Lipinski definition) is 1. The summed E-state index contributed by atoms with van der Waals surface area (Å²) in [5.41, 5.74) is 8.66. The topological polar surface area (TPSA) is 26.0 Å². The average Bonchev–Trinajstić information content (AvgIpc) is 2.00. The van der Waals surface area contributed by atoms with Gasteiger partial charge in [0.25, 0.3) is 0 Å². The molecule has 2 N–H and O–H groups in total. The number of halogens is 1. The minimum absolute atomic E-state index is 0.151. The maximum Gasteiger partial charge on any atom is 0.123 e. The number of hydrogen-bond acceptors (Lipinski definition) is 1. The van der Waals surface area contributed by atoms with Gasteiger partial charge < -0.3 is 5.73 Å². The third-order valence-corrected chi connectivity index (χ3v) is 2.06. The van der Waals surface area contributed by atoms with Gasteiger partial charge in [-0.15, -0.1) is 6.58 Å². The summed E-state index contributed by atoms with van der Waals surface area (Å²) in [7, 11) is 0. The number of rotatable bonds is 3. The van der Waals surface area contributed by atoms with Crippen molar-refractivity contribution < 1.29 is 4.39 Å². The molecule has 1 aromatic rings. The lowest BCUT2D eigenvalue weighted by Crippen LogP contribution is -2.10. The van der Waals surface area contributed by atoms with Crippen LogP contribution in [0.25, 0.3) is 0 Å². The van der Waals surface area contributed by atoms with Crippen molar-refractivity contribution in [3.8, 4) is 0 Å². The fourth-order valence-corrected chi connectivity index (χ4v) is 1.47. The Balaban J connectivity index is 2.89. The summed E-state index contributed by atoms with van der Waals surface area (Å²) in [6.45, 7) is 7.58. The molecule has 0 aliphatic carbocycles. The van der Waals surface area contributed by atoms with E-state index in [1.807, 2.05) is 19.9 Å². The van der Waals surface area contributed by atoms with Crippen molar-refractivity contribution in [2.45, 2.75) is 26.3 Å². The average molecular weight is 193 g/mol. The standard InChI is InChI=1S/C12H16FN/c1-8(2)4-12(14)10-5-9(3)6-11(13)7-10/h5-7,12H,1,4,14H2,2-3H3. The normalized spacial score (nSPS) is 12.6. The van der Waals surface area contributed by atoms with Crippen molar-refractivity contribution in [2.24, 2.45) is 5.73 Å². The fourth-order valence-electron chi connectivity index (χ4n) is 1.47. The number of nitrogens with two attached hydrogens (primary N) is 1. The smallest absolute Gasteiger partial charge is 0.123 e. The van der Waals surface area contributed by atoms with Crippen molar-refractivity contribution in [3.63, 3.8) is 0 Å². The van der Waals surface area contributed by atoms with Crippen LogP contribution >= 0.6 is 0 Å². The molecule has 0 amide bonds. The van der Waals surface area contributed by atoms with Gasteiger partial charge in [0.2, 0.25) is 0 Å². The van der Waals surface area contributed by atoms with Crippen molar-refractivity contribution in [1.82, 2.24) is 0 Å². The summed E-state index contributed by atoms with van der Waals surface area (Å²) in [5.74, 6) is -0.225. The van der Waals surface area contributed by atoms with Gasteiger partial charge in [0.15, 0.2) is 0 Å². The Hall–Kier alpha value is -1.15. The Morgan fingerprint density at radius 3 is 2.64 bits per heavy atom. The van der Waals surface area contributed by atoms with Crippen molar-refractivity contribution >= 4 is 0 Å². The van der Waals surface area contributed by atoms with Crippen LogP contribution in [0.5, 0.6) is 0 Å². The minimum Gasteiger partial charge on any atom is -0.324 e. The van der Waals surface area contributed by atoms with Crippen LogP contribution in [0.1, 0.15) is 30.5 Å². The van der Waals surface area contributed by atoms with E-state index in [1.165, 1.54) is 12.1 Å². The summed E-state index contributed by atoms with van der Waals surface area (Å²) in [6.07, 6.45) is 0.697. The molecular weight excluding hydrogens is 177 g/mol. The summed E-state index contributed by atoms with van der Waals surface area (Å²) >= 11 is 0. The summed E-state index contributed by atoms with van der Waals surface area (Å²) in [4.78, 5) is 0. The molecule has 76 valence electrons. The van der Waals surface area contributed by atoms with E-state index in [4.69, 9.17) is 5.73 Å². The summed E-state index contributed by atoms with van der Waals surface area (Å²) < 4.78 is 13.0. The second kappa shape index (κ2) is 4.38. The summed E-state index contributed by atoms with van der Waals surface area (Å²) in [6, 6.07) is 4.75. The van der Waals surface area contributed by atoms with Crippen LogP contribution in [0, 0.1) is 12.7 Å². The van der Waals surface area contributed by atoms with Crippen molar-refractivity contribution in [1.29, 1.82) is 0 Å². The lowest BCUT2D eigenvalue weighted by atomic mass is 9.99. The largest absolute Gasteiger partial charge is 0.324 e. The Bertz CT molecular complexity index is 324. The van der Waals surface area contributed by atoms with Crippen molar-refractivity contribution in [2.75, 3.05) is 0 Å². The van der Waals surface area contributed by atoms with E-state index in [-0.39, 0.29) is 11.9 Å². The minimum atomic E-state index is -0.225. The van der Waals surface area contributed by atoms with E-state index in [1.54, 1.807) is 0 Å². The quantitative estimate of drug-likeness (QED) is 0.733. The first-order chi connectivity index (χ1) is 6.49. The zero-order valence-electron chi connectivity index (χ0n) is 8.68. The van der Waals surface area contributed by atoms with Gasteiger partial charge in [0.05, 0.1) is 0 Å². The molecule has 0 aliphatic rings. The van der Waals surface area contributed by atoms with Gasteiger partial charge in [-0.05, 0) is 43.5 Å². The molecule has 0 radical (unpaired) electrons. The highest BCUT2D eigenvalue weighted by Gasteiger charge is 2.07. The van der Waals surface area contributed by atoms with Gasteiger partial charge >= 0.3 is 0 Å². The highest BCUT2D eigenvalue weighted by atomic mass is 19.1. The third-order valence-electron chi connectivity index (χ3n) is 2.06. The molecule has 0 fully saturated rings. The molecule has 1 atom stereocenters. The Kier molecular flexibility index (Phi) is 3.42. The monoisotopic (exact) mass is 193 g/mol. The molecule has 0 aliphatic heterocycles. The molecular formula is C12H16FN. The third kappa shape index (κ3) is 2.96. The van der Waals surface area contributed by atoms with Gasteiger partial charge in [0.1, 0.15) is 5.82 Å². The van der Waals surface area contributed by atoms with Crippen LogP contribution in [0.2, 0.25) is 0 Å². The number of benzene rings is 1.